The van der Waals surface area contributed by atoms with E-state index in [1.54, 1.807) is 6.20 Å². The van der Waals surface area contributed by atoms with Gasteiger partial charge in [-0.25, -0.2) is 4.98 Å². The minimum absolute atomic E-state index is 0.00612. The highest BCUT2D eigenvalue weighted by molar-refractivity contribution is 5.44. The minimum Gasteiger partial charge on any atom is -0.438 e. The zero-order valence-corrected chi connectivity index (χ0v) is 12.7. The number of nitrogen functional groups attached to an aromatic ring is 1. The number of hydrogen-bond donors (Lipinski definition) is 1. The third kappa shape index (κ3) is 3.07. The minimum atomic E-state index is -0.00612. The number of ether oxygens (including phenoxy) is 1. The van der Waals surface area contributed by atoms with Gasteiger partial charge in [0.15, 0.2) is 0 Å². The summed E-state index contributed by atoms with van der Waals surface area (Å²) < 4.78 is 5.97. The lowest BCUT2D eigenvalue weighted by Gasteiger charge is -2.23. The van der Waals surface area contributed by atoms with Gasteiger partial charge < -0.3 is 10.5 Å². The van der Waals surface area contributed by atoms with Crippen LogP contribution in [0.4, 0.5) is 5.95 Å². The zero-order chi connectivity index (χ0) is 14.9. The summed E-state index contributed by atoms with van der Waals surface area (Å²) in [6.07, 6.45) is 1.67. The molecule has 0 saturated heterocycles. The Balaban J connectivity index is 2.46. The van der Waals surface area contributed by atoms with Crippen LogP contribution in [-0.4, -0.2) is 9.97 Å². The summed E-state index contributed by atoms with van der Waals surface area (Å²) in [5.41, 5.74) is 8.84. The van der Waals surface area contributed by atoms with Crippen molar-refractivity contribution in [1.29, 1.82) is 0 Å². The van der Waals surface area contributed by atoms with Gasteiger partial charge in [-0.15, -0.1) is 0 Å². The Hall–Kier alpha value is -2.10. The van der Waals surface area contributed by atoms with E-state index in [0.29, 0.717) is 5.88 Å². The molecule has 2 rings (SSSR count). The molecule has 0 spiro atoms. The quantitative estimate of drug-likeness (QED) is 0.903. The molecular weight excluding hydrogens is 250 g/mol. The van der Waals surface area contributed by atoms with Crippen LogP contribution in [0.3, 0.4) is 0 Å². The van der Waals surface area contributed by atoms with Crippen LogP contribution in [0.5, 0.6) is 11.6 Å². The fraction of sp³-hybridized carbons (Fsp3) is 0.375. The summed E-state index contributed by atoms with van der Waals surface area (Å²) in [7, 11) is 0. The summed E-state index contributed by atoms with van der Waals surface area (Å²) in [6, 6.07) is 6.16. The third-order valence-electron chi connectivity index (χ3n) is 3.09. The van der Waals surface area contributed by atoms with Gasteiger partial charge in [0.05, 0.1) is 0 Å². The second-order valence-electron chi connectivity index (χ2n) is 6.07. The van der Waals surface area contributed by atoms with E-state index < -0.39 is 0 Å². The highest BCUT2D eigenvalue weighted by Gasteiger charge is 2.20. The Labute approximate surface area is 120 Å². The first kappa shape index (κ1) is 14.3. The van der Waals surface area contributed by atoms with Crippen molar-refractivity contribution in [2.24, 2.45) is 0 Å². The van der Waals surface area contributed by atoms with Crippen LogP contribution in [0.1, 0.15) is 37.5 Å². The monoisotopic (exact) mass is 271 g/mol. The van der Waals surface area contributed by atoms with Crippen LogP contribution < -0.4 is 10.5 Å². The fourth-order valence-electron chi connectivity index (χ4n) is 1.97. The van der Waals surface area contributed by atoms with Crippen LogP contribution in [0.15, 0.2) is 24.4 Å². The van der Waals surface area contributed by atoms with Gasteiger partial charge in [-0.2, -0.15) is 4.98 Å². The molecule has 20 heavy (non-hydrogen) atoms. The van der Waals surface area contributed by atoms with E-state index in [1.807, 2.05) is 19.1 Å². The lowest BCUT2D eigenvalue weighted by molar-refractivity contribution is 0.436. The molecule has 2 aromatic rings. The Bertz CT molecular complexity index is 630. The van der Waals surface area contributed by atoms with E-state index >= 15 is 0 Å². The molecule has 2 N–H and O–H groups in total. The first-order chi connectivity index (χ1) is 9.27. The predicted octanol–water partition coefficient (Wildman–Crippen LogP) is 3.77. The lowest BCUT2D eigenvalue weighted by atomic mass is 9.85. The van der Waals surface area contributed by atoms with Gasteiger partial charge in [0.25, 0.3) is 0 Å². The van der Waals surface area contributed by atoms with E-state index in [4.69, 9.17) is 10.5 Å². The molecule has 0 unspecified atom stereocenters. The molecule has 0 bridgehead atoms. The highest BCUT2D eigenvalue weighted by atomic mass is 16.5. The van der Waals surface area contributed by atoms with E-state index in [1.165, 1.54) is 5.56 Å². The number of rotatable bonds is 2. The molecule has 0 amide bonds. The van der Waals surface area contributed by atoms with E-state index in [9.17, 15) is 0 Å². The van der Waals surface area contributed by atoms with Crippen molar-refractivity contribution in [2.45, 2.75) is 40.0 Å². The van der Waals surface area contributed by atoms with E-state index in [-0.39, 0.29) is 11.4 Å². The van der Waals surface area contributed by atoms with Gasteiger partial charge in [0.2, 0.25) is 11.8 Å². The molecule has 106 valence electrons. The number of benzene rings is 1. The van der Waals surface area contributed by atoms with Gasteiger partial charge in [-0.1, -0.05) is 38.5 Å². The molecule has 1 aromatic carbocycles. The zero-order valence-electron chi connectivity index (χ0n) is 12.7. The number of aryl methyl sites for hydroxylation is 2. The van der Waals surface area contributed by atoms with Gasteiger partial charge in [0.1, 0.15) is 5.75 Å². The molecule has 0 atom stereocenters. The normalized spacial score (nSPS) is 11.4. The van der Waals surface area contributed by atoms with Crippen LogP contribution in [-0.2, 0) is 5.41 Å². The van der Waals surface area contributed by atoms with Crippen molar-refractivity contribution in [2.75, 3.05) is 5.73 Å². The molecule has 1 aromatic heterocycles. The number of hydrogen-bond acceptors (Lipinski definition) is 4. The van der Waals surface area contributed by atoms with Crippen LogP contribution in [0, 0.1) is 13.8 Å². The van der Waals surface area contributed by atoms with Gasteiger partial charge in [-0.05, 0) is 25.3 Å². The van der Waals surface area contributed by atoms with Crippen LogP contribution in [0.25, 0.3) is 0 Å². The standard InChI is InChI=1S/C16H21N3O/c1-10-6-7-13(12(8-10)16(3,4)5)20-14-11(2)9-18-15(17)19-14/h6-9H,1-5H3,(H2,17,18,19). The van der Waals surface area contributed by atoms with Gasteiger partial charge >= 0.3 is 0 Å². The van der Waals surface area contributed by atoms with Gasteiger partial charge in [-0.3, -0.25) is 0 Å². The average Bonchev–Trinajstić information content (AvgIpc) is 2.34. The highest BCUT2D eigenvalue weighted by Crippen LogP contribution is 2.35. The van der Waals surface area contributed by atoms with Crippen molar-refractivity contribution < 1.29 is 4.74 Å². The molecule has 0 saturated carbocycles. The third-order valence-corrected chi connectivity index (χ3v) is 3.09. The molecule has 0 aliphatic rings. The van der Waals surface area contributed by atoms with E-state index in [0.717, 1.165) is 16.9 Å². The molecule has 1 heterocycles. The number of aromatic nitrogens is 2. The molecule has 0 radical (unpaired) electrons. The average molecular weight is 271 g/mol. The topological polar surface area (TPSA) is 61.0 Å². The van der Waals surface area contributed by atoms with Crippen molar-refractivity contribution >= 4 is 5.95 Å². The first-order valence-corrected chi connectivity index (χ1v) is 6.65. The Morgan fingerprint density at radius 2 is 1.85 bits per heavy atom. The summed E-state index contributed by atoms with van der Waals surface area (Å²) in [4.78, 5) is 8.11. The summed E-state index contributed by atoms with van der Waals surface area (Å²) in [6.45, 7) is 10.5. The SMILES string of the molecule is Cc1ccc(Oc2nc(N)ncc2C)c(C(C)(C)C)c1. The Morgan fingerprint density at radius 1 is 1.15 bits per heavy atom. The summed E-state index contributed by atoms with van der Waals surface area (Å²) >= 11 is 0. The molecule has 0 aliphatic carbocycles. The lowest BCUT2D eigenvalue weighted by Crippen LogP contribution is -2.13. The van der Waals surface area contributed by atoms with E-state index in [2.05, 4.69) is 43.7 Å². The number of nitrogens with zero attached hydrogens (tertiary/aromatic N) is 2. The second kappa shape index (κ2) is 5.12. The maximum atomic E-state index is 5.97. The Kier molecular flexibility index (Phi) is 3.66. The number of nitrogens with two attached hydrogens (primary N) is 1. The molecule has 0 fully saturated rings. The maximum Gasteiger partial charge on any atom is 0.226 e. The van der Waals surface area contributed by atoms with Crippen molar-refractivity contribution in [3.8, 4) is 11.6 Å². The van der Waals surface area contributed by atoms with Gasteiger partial charge in [0, 0.05) is 17.3 Å². The maximum absolute atomic E-state index is 5.97. The van der Waals surface area contributed by atoms with Crippen molar-refractivity contribution in [3.63, 3.8) is 0 Å². The number of anilines is 1. The van der Waals surface area contributed by atoms with Crippen LogP contribution >= 0.6 is 0 Å². The second-order valence-corrected chi connectivity index (χ2v) is 6.07. The Morgan fingerprint density at radius 3 is 2.50 bits per heavy atom. The molecular formula is C16H21N3O. The molecule has 4 nitrogen and oxygen atoms in total. The largest absolute Gasteiger partial charge is 0.438 e. The molecule has 0 aliphatic heterocycles. The fourth-order valence-corrected chi connectivity index (χ4v) is 1.97. The predicted molar refractivity (Wildman–Crippen MR) is 81.1 cm³/mol. The smallest absolute Gasteiger partial charge is 0.226 e. The molecule has 4 heteroatoms. The first-order valence-electron chi connectivity index (χ1n) is 6.65. The van der Waals surface area contributed by atoms with Crippen molar-refractivity contribution in [3.05, 3.63) is 41.1 Å². The van der Waals surface area contributed by atoms with Crippen molar-refractivity contribution in [1.82, 2.24) is 9.97 Å². The van der Waals surface area contributed by atoms with Crippen LogP contribution in [0.2, 0.25) is 0 Å². The summed E-state index contributed by atoms with van der Waals surface area (Å²) in [5, 5.41) is 0. The summed E-state index contributed by atoms with van der Waals surface area (Å²) in [5.74, 6) is 1.53.